The van der Waals surface area contributed by atoms with E-state index in [0.29, 0.717) is 20.1 Å². The second kappa shape index (κ2) is 9.62. The van der Waals surface area contributed by atoms with E-state index in [9.17, 15) is 28.8 Å². The van der Waals surface area contributed by atoms with E-state index >= 15 is 0 Å². The summed E-state index contributed by atoms with van der Waals surface area (Å²) in [5.74, 6) is -13.7. The van der Waals surface area contributed by atoms with E-state index in [1.807, 2.05) is 0 Å². The molecule has 40 heavy (non-hydrogen) atoms. The Morgan fingerprint density at radius 3 is 1.10 bits per heavy atom. The summed E-state index contributed by atoms with van der Waals surface area (Å²) in [6.07, 6.45) is 0. The predicted molar refractivity (Wildman–Crippen MR) is 143 cm³/mol. The topological polar surface area (TPSA) is 139 Å². The van der Waals surface area contributed by atoms with Crippen LogP contribution < -0.4 is 0 Å². The number of carbonyl (C=O) groups is 6. The van der Waals surface area contributed by atoms with Gasteiger partial charge in [-0.15, -0.1) is 0 Å². The molecule has 6 atom stereocenters. The van der Waals surface area contributed by atoms with E-state index in [4.69, 9.17) is 18.9 Å². The molecule has 0 saturated heterocycles. The van der Waals surface area contributed by atoms with Crippen molar-refractivity contribution in [1.29, 1.82) is 0 Å². The Kier molecular flexibility index (Phi) is 6.77. The zero-order chi connectivity index (χ0) is 29.3. The predicted octanol–water partition coefficient (Wildman–Crippen LogP) is 2.69. The van der Waals surface area contributed by atoms with Crippen LogP contribution in [0, 0.1) is 23.7 Å². The first kappa shape index (κ1) is 28.2. The van der Waals surface area contributed by atoms with E-state index in [0.717, 1.165) is 28.4 Å². The molecule has 208 valence electrons. The number of methoxy groups -OCH3 is 4. The molecule has 10 nitrogen and oxygen atoms in total. The lowest BCUT2D eigenvalue weighted by Gasteiger charge is -2.51. The van der Waals surface area contributed by atoms with Gasteiger partial charge in [-0.25, -0.2) is 0 Å². The SMILES string of the molecule is COC(=O)C1C(=O)C(C(=O)OC)C23c4ccc(Br)cc4-c4cc(Br)ccc4C12[C@H](C(=O)OC)C(=O)[C@@H]3C(=O)OC. The fourth-order valence-electron chi connectivity index (χ4n) is 7.47. The molecule has 3 aliphatic rings. The van der Waals surface area contributed by atoms with Gasteiger partial charge in [-0.2, -0.15) is 0 Å². The van der Waals surface area contributed by atoms with Crippen LogP contribution in [0.3, 0.4) is 0 Å². The number of carbonyl (C=O) groups excluding carboxylic acids is 6. The average molecular weight is 678 g/mol. The van der Waals surface area contributed by atoms with Crippen LogP contribution in [0.5, 0.6) is 0 Å². The standard InChI is InChI=1S/C28H22Br2O10/c1-37-23(33)17-21(31)18(24(34)38-2)28-16-8-6-12(30)10-14(16)13-9-11(29)5-7-15(13)27(17,28)19(25(35)39-3)22(32)20(28)26(36)40-4/h5-10,17-20H,1-4H3/t17-,18+,19?,20?,27?,28?. The van der Waals surface area contributed by atoms with Gasteiger partial charge < -0.3 is 18.9 Å². The highest BCUT2D eigenvalue weighted by atomic mass is 79.9. The summed E-state index contributed by atoms with van der Waals surface area (Å²) in [4.78, 5) is 83.3. The Morgan fingerprint density at radius 2 is 0.850 bits per heavy atom. The summed E-state index contributed by atoms with van der Waals surface area (Å²) in [6.45, 7) is 0. The van der Waals surface area contributed by atoms with Crippen LogP contribution in [0.1, 0.15) is 11.1 Å². The first-order valence-electron chi connectivity index (χ1n) is 12.0. The third-order valence-electron chi connectivity index (χ3n) is 8.54. The minimum Gasteiger partial charge on any atom is -0.468 e. The normalized spacial score (nSPS) is 29.4. The van der Waals surface area contributed by atoms with Gasteiger partial charge >= 0.3 is 23.9 Å². The van der Waals surface area contributed by atoms with Gasteiger partial charge in [-0.3, -0.25) is 28.8 Å². The highest BCUT2D eigenvalue weighted by Crippen LogP contribution is 2.75. The second-order valence-corrected chi connectivity index (χ2v) is 11.6. The summed E-state index contributed by atoms with van der Waals surface area (Å²) in [7, 11) is 4.21. The molecule has 4 unspecified atom stereocenters. The molecule has 0 aromatic heterocycles. The molecule has 0 N–H and O–H groups in total. The Hall–Kier alpha value is -3.38. The van der Waals surface area contributed by atoms with Crippen LogP contribution in [0.15, 0.2) is 45.3 Å². The van der Waals surface area contributed by atoms with Gasteiger partial charge in [0.1, 0.15) is 23.7 Å². The van der Waals surface area contributed by atoms with Crippen molar-refractivity contribution in [3.63, 3.8) is 0 Å². The molecule has 0 bridgehead atoms. The van der Waals surface area contributed by atoms with Crippen molar-refractivity contribution in [2.24, 2.45) is 23.7 Å². The smallest absolute Gasteiger partial charge is 0.317 e. The van der Waals surface area contributed by atoms with Crippen molar-refractivity contribution < 1.29 is 47.7 Å². The molecular weight excluding hydrogens is 656 g/mol. The van der Waals surface area contributed by atoms with E-state index in [2.05, 4.69) is 31.9 Å². The van der Waals surface area contributed by atoms with E-state index in [1.54, 1.807) is 36.4 Å². The van der Waals surface area contributed by atoms with Crippen LogP contribution in [-0.4, -0.2) is 63.9 Å². The second-order valence-electron chi connectivity index (χ2n) is 9.75. The molecule has 5 rings (SSSR count). The maximum Gasteiger partial charge on any atom is 0.317 e. The first-order valence-corrected chi connectivity index (χ1v) is 13.6. The molecule has 2 aromatic carbocycles. The molecule has 2 aromatic rings. The van der Waals surface area contributed by atoms with Crippen LogP contribution >= 0.6 is 31.9 Å². The molecule has 2 fully saturated rings. The van der Waals surface area contributed by atoms with Crippen molar-refractivity contribution in [2.45, 2.75) is 10.8 Å². The van der Waals surface area contributed by atoms with Gasteiger partial charge in [0.2, 0.25) is 0 Å². The molecule has 12 heteroatoms. The first-order chi connectivity index (χ1) is 19.0. The molecule has 0 amide bonds. The van der Waals surface area contributed by atoms with Crippen molar-refractivity contribution in [3.8, 4) is 11.1 Å². The third-order valence-corrected chi connectivity index (χ3v) is 9.52. The zero-order valence-corrected chi connectivity index (χ0v) is 24.8. The number of esters is 4. The van der Waals surface area contributed by atoms with Crippen molar-refractivity contribution in [1.82, 2.24) is 0 Å². The number of fused-ring (bicyclic) bond motifs is 3. The lowest BCUT2D eigenvalue weighted by molar-refractivity contribution is -0.156. The number of halogens is 2. The monoisotopic (exact) mass is 676 g/mol. The quantitative estimate of drug-likeness (QED) is 0.270. The molecule has 0 spiro atoms. The number of ether oxygens (including phenoxy) is 4. The minimum absolute atomic E-state index is 0.228. The van der Waals surface area contributed by atoms with E-state index in [1.165, 1.54) is 0 Å². The minimum atomic E-state index is -2.12. The summed E-state index contributed by atoms with van der Waals surface area (Å²) < 4.78 is 21.5. The molecule has 0 radical (unpaired) electrons. The van der Waals surface area contributed by atoms with E-state index < -0.39 is 69.9 Å². The van der Waals surface area contributed by atoms with Gasteiger partial charge in [0.15, 0.2) is 11.6 Å². The van der Waals surface area contributed by atoms with Crippen LogP contribution in [0.4, 0.5) is 0 Å². The number of ketones is 2. The average Bonchev–Trinajstić information content (AvgIpc) is 3.31. The molecular formula is C28H22Br2O10. The number of benzene rings is 2. The fraction of sp³-hybridized carbons (Fsp3) is 0.357. The maximum absolute atomic E-state index is 14.4. The Balaban J connectivity index is 2.14. The molecule has 0 heterocycles. The molecule has 2 saturated carbocycles. The summed E-state index contributed by atoms with van der Waals surface area (Å²) in [5.41, 5.74) is -2.83. The summed E-state index contributed by atoms with van der Waals surface area (Å²) >= 11 is 6.91. The summed E-state index contributed by atoms with van der Waals surface area (Å²) in [6, 6.07) is 9.82. The fourth-order valence-corrected chi connectivity index (χ4v) is 8.19. The van der Waals surface area contributed by atoms with Crippen LogP contribution in [0.2, 0.25) is 0 Å². The Labute approximate surface area is 244 Å². The summed E-state index contributed by atoms with van der Waals surface area (Å²) in [5, 5.41) is 0. The highest BCUT2D eigenvalue weighted by molar-refractivity contribution is 9.10. The number of rotatable bonds is 4. The number of Topliss-reactive ketones (excluding diaryl/α,β-unsaturated/α-hetero) is 2. The van der Waals surface area contributed by atoms with Gasteiger partial charge in [-0.1, -0.05) is 44.0 Å². The lowest BCUT2D eigenvalue weighted by Crippen LogP contribution is -2.59. The number of hydrogen-bond acceptors (Lipinski definition) is 10. The Morgan fingerprint density at radius 1 is 0.575 bits per heavy atom. The van der Waals surface area contributed by atoms with Gasteiger partial charge in [0.25, 0.3) is 0 Å². The van der Waals surface area contributed by atoms with Crippen molar-refractivity contribution in [3.05, 3.63) is 56.5 Å². The van der Waals surface area contributed by atoms with Crippen LogP contribution in [-0.2, 0) is 58.5 Å². The van der Waals surface area contributed by atoms with E-state index in [-0.39, 0.29) is 11.1 Å². The van der Waals surface area contributed by atoms with Crippen molar-refractivity contribution >= 4 is 67.3 Å². The van der Waals surface area contributed by atoms with Gasteiger partial charge in [0.05, 0.1) is 28.4 Å². The third kappa shape index (κ3) is 3.14. The molecule has 0 aliphatic heterocycles. The van der Waals surface area contributed by atoms with Gasteiger partial charge in [-0.05, 0) is 46.5 Å². The molecule has 3 aliphatic carbocycles. The van der Waals surface area contributed by atoms with Gasteiger partial charge in [0, 0.05) is 19.8 Å². The Bertz CT molecular complexity index is 1360. The maximum atomic E-state index is 14.4. The van der Waals surface area contributed by atoms with Crippen molar-refractivity contribution in [2.75, 3.05) is 28.4 Å². The largest absolute Gasteiger partial charge is 0.468 e. The lowest BCUT2D eigenvalue weighted by atomic mass is 9.47. The zero-order valence-electron chi connectivity index (χ0n) is 21.6. The van der Waals surface area contributed by atoms with Crippen LogP contribution in [0.25, 0.3) is 11.1 Å². The number of hydrogen-bond donors (Lipinski definition) is 0. The highest BCUT2D eigenvalue weighted by Gasteiger charge is 2.88.